The minimum Gasteiger partial charge on any atom is -0.379 e. The summed E-state index contributed by atoms with van der Waals surface area (Å²) in [5.74, 6) is 0. The third-order valence-corrected chi connectivity index (χ3v) is 5.09. The number of morpholine rings is 1. The quantitative estimate of drug-likeness (QED) is 0.737. The van der Waals surface area contributed by atoms with Crippen molar-refractivity contribution < 1.29 is 9.53 Å². The molecule has 2 aromatic carbocycles. The third kappa shape index (κ3) is 6.87. The van der Waals surface area contributed by atoms with Crippen molar-refractivity contribution in [3.05, 3.63) is 65.7 Å². The number of urea groups is 1. The van der Waals surface area contributed by atoms with Gasteiger partial charge in [-0.15, -0.1) is 0 Å². The fraction of sp³-hybridized carbons (Fsp3) is 0.458. The van der Waals surface area contributed by atoms with Crippen molar-refractivity contribution in [3.63, 3.8) is 0 Å². The first-order chi connectivity index (χ1) is 13.9. The average Bonchev–Trinajstić information content (AvgIpc) is 2.69. The van der Waals surface area contributed by atoms with Gasteiger partial charge in [-0.2, -0.15) is 0 Å². The summed E-state index contributed by atoms with van der Waals surface area (Å²) in [7, 11) is 0. The van der Waals surface area contributed by atoms with Crippen molar-refractivity contribution in [2.75, 3.05) is 31.6 Å². The van der Waals surface area contributed by atoms with Crippen molar-refractivity contribution in [2.45, 2.75) is 39.8 Å². The van der Waals surface area contributed by atoms with Crippen molar-refractivity contribution in [1.29, 1.82) is 0 Å². The second kappa shape index (κ2) is 9.90. The van der Waals surface area contributed by atoms with Crippen molar-refractivity contribution >= 4 is 11.7 Å². The molecular weight excluding hydrogens is 362 g/mol. The molecule has 1 heterocycles. The van der Waals surface area contributed by atoms with Gasteiger partial charge in [-0.3, -0.25) is 4.90 Å². The predicted molar refractivity (Wildman–Crippen MR) is 118 cm³/mol. The smallest absolute Gasteiger partial charge is 0.319 e. The van der Waals surface area contributed by atoms with Gasteiger partial charge < -0.3 is 15.4 Å². The summed E-state index contributed by atoms with van der Waals surface area (Å²) in [4.78, 5) is 15.2. The van der Waals surface area contributed by atoms with E-state index < -0.39 is 0 Å². The largest absolute Gasteiger partial charge is 0.379 e. The highest BCUT2D eigenvalue weighted by atomic mass is 16.5. The molecular formula is C24H33N3O2. The second-order valence-corrected chi connectivity index (χ2v) is 8.87. The van der Waals surface area contributed by atoms with E-state index in [1.165, 1.54) is 0 Å². The van der Waals surface area contributed by atoms with Gasteiger partial charge in [-0.05, 0) is 29.0 Å². The first-order valence-corrected chi connectivity index (χ1v) is 10.4. The lowest BCUT2D eigenvalue weighted by Crippen LogP contribution is -2.37. The molecule has 3 rings (SSSR count). The molecule has 156 valence electrons. The molecule has 0 saturated carbocycles. The van der Waals surface area contributed by atoms with Crippen LogP contribution in [0.2, 0.25) is 0 Å². The average molecular weight is 396 g/mol. The topological polar surface area (TPSA) is 53.6 Å². The fourth-order valence-corrected chi connectivity index (χ4v) is 3.65. The number of nitrogens with one attached hydrogen (secondary N) is 2. The molecule has 1 aliphatic rings. The maximum absolute atomic E-state index is 12.9. The molecule has 0 unspecified atom stereocenters. The van der Waals surface area contributed by atoms with Crippen molar-refractivity contribution in [2.24, 2.45) is 5.41 Å². The van der Waals surface area contributed by atoms with E-state index in [0.717, 1.165) is 56.1 Å². The zero-order valence-electron chi connectivity index (χ0n) is 17.8. The third-order valence-electron chi connectivity index (χ3n) is 5.09. The van der Waals surface area contributed by atoms with Gasteiger partial charge in [0.05, 0.1) is 19.3 Å². The molecule has 5 heteroatoms. The Morgan fingerprint density at radius 1 is 1.03 bits per heavy atom. The summed E-state index contributed by atoms with van der Waals surface area (Å²) >= 11 is 0. The highest BCUT2D eigenvalue weighted by molar-refractivity contribution is 5.90. The molecule has 1 fully saturated rings. The first-order valence-electron chi connectivity index (χ1n) is 10.4. The molecule has 2 aromatic rings. The molecule has 0 spiro atoms. The summed E-state index contributed by atoms with van der Waals surface area (Å²) in [5, 5.41) is 6.26. The van der Waals surface area contributed by atoms with Crippen LogP contribution in [-0.4, -0.2) is 37.2 Å². The van der Waals surface area contributed by atoms with Crippen LogP contribution < -0.4 is 10.6 Å². The van der Waals surface area contributed by atoms with Gasteiger partial charge in [0.15, 0.2) is 0 Å². The normalized spacial score (nSPS) is 16.2. The van der Waals surface area contributed by atoms with Gasteiger partial charge in [0.1, 0.15) is 0 Å². The molecule has 0 aromatic heterocycles. The number of carbonyl (C=O) groups is 1. The molecule has 2 amide bonds. The van der Waals surface area contributed by atoms with Crippen LogP contribution in [0.4, 0.5) is 10.5 Å². The summed E-state index contributed by atoms with van der Waals surface area (Å²) in [6, 6.07) is 18.0. The highest BCUT2D eigenvalue weighted by Crippen LogP contribution is 2.29. The Kier molecular flexibility index (Phi) is 7.29. The van der Waals surface area contributed by atoms with Gasteiger partial charge >= 0.3 is 6.03 Å². The lowest BCUT2D eigenvalue weighted by molar-refractivity contribution is 0.0343. The van der Waals surface area contributed by atoms with Crippen molar-refractivity contribution in [3.8, 4) is 0 Å². The van der Waals surface area contributed by atoms with Gasteiger partial charge in [0, 0.05) is 25.3 Å². The van der Waals surface area contributed by atoms with Crippen LogP contribution in [0, 0.1) is 5.41 Å². The van der Waals surface area contributed by atoms with E-state index in [0.29, 0.717) is 0 Å². The maximum atomic E-state index is 12.9. The van der Waals surface area contributed by atoms with E-state index in [-0.39, 0.29) is 17.5 Å². The van der Waals surface area contributed by atoms with Gasteiger partial charge in [-0.25, -0.2) is 4.79 Å². The zero-order chi connectivity index (χ0) is 20.7. The zero-order valence-corrected chi connectivity index (χ0v) is 17.8. The molecule has 1 aliphatic heterocycles. The lowest BCUT2D eigenvalue weighted by Gasteiger charge is -2.28. The van der Waals surface area contributed by atoms with Crippen LogP contribution in [0.5, 0.6) is 0 Å². The van der Waals surface area contributed by atoms with Gasteiger partial charge in [-0.1, -0.05) is 69.3 Å². The van der Waals surface area contributed by atoms with Crippen LogP contribution in [0.15, 0.2) is 54.6 Å². The Morgan fingerprint density at radius 2 is 1.69 bits per heavy atom. The SMILES string of the molecule is CC(C)(C)C[C@@H](NC(=O)Nc1ccccc1CN1CCOCC1)c1ccccc1. The highest BCUT2D eigenvalue weighted by Gasteiger charge is 2.22. The Bertz CT molecular complexity index is 780. The summed E-state index contributed by atoms with van der Waals surface area (Å²) in [6.45, 7) is 10.8. The minimum absolute atomic E-state index is 0.0393. The van der Waals surface area contributed by atoms with E-state index in [1.807, 2.05) is 36.4 Å². The molecule has 0 radical (unpaired) electrons. The molecule has 29 heavy (non-hydrogen) atoms. The molecule has 5 nitrogen and oxygen atoms in total. The number of hydrogen-bond donors (Lipinski definition) is 2. The van der Waals surface area contributed by atoms with E-state index >= 15 is 0 Å². The molecule has 0 bridgehead atoms. The molecule has 1 atom stereocenters. The van der Waals surface area contributed by atoms with Crippen LogP contribution in [-0.2, 0) is 11.3 Å². The molecule has 2 N–H and O–H groups in total. The number of anilines is 1. The number of carbonyl (C=O) groups excluding carboxylic acids is 1. The number of nitrogens with zero attached hydrogens (tertiary/aromatic N) is 1. The Morgan fingerprint density at radius 3 is 2.38 bits per heavy atom. The number of rotatable bonds is 6. The first kappa shape index (κ1) is 21.3. The standard InChI is InChI=1S/C24H33N3O2/c1-24(2,3)17-22(19-9-5-4-6-10-19)26-23(28)25-21-12-8-7-11-20(21)18-27-13-15-29-16-14-27/h4-12,22H,13-18H2,1-3H3,(H2,25,26,28)/t22-/m1/s1. The number of ether oxygens (including phenoxy) is 1. The van der Waals surface area contributed by atoms with Crippen LogP contribution in [0.25, 0.3) is 0 Å². The maximum Gasteiger partial charge on any atom is 0.319 e. The fourth-order valence-electron chi connectivity index (χ4n) is 3.65. The van der Waals surface area contributed by atoms with Crippen LogP contribution >= 0.6 is 0 Å². The van der Waals surface area contributed by atoms with Gasteiger partial charge in [0.25, 0.3) is 0 Å². The minimum atomic E-state index is -0.169. The molecule has 0 aliphatic carbocycles. The van der Waals surface area contributed by atoms with Crippen molar-refractivity contribution in [1.82, 2.24) is 10.2 Å². The number of hydrogen-bond acceptors (Lipinski definition) is 3. The Balaban J connectivity index is 1.68. The number of para-hydroxylation sites is 1. The van der Waals surface area contributed by atoms with E-state index in [2.05, 4.69) is 54.5 Å². The molecule has 1 saturated heterocycles. The van der Waals surface area contributed by atoms with Crippen LogP contribution in [0.1, 0.15) is 44.4 Å². The van der Waals surface area contributed by atoms with E-state index in [9.17, 15) is 4.79 Å². The van der Waals surface area contributed by atoms with Crippen LogP contribution in [0.3, 0.4) is 0 Å². The van der Waals surface area contributed by atoms with E-state index in [1.54, 1.807) is 0 Å². The monoisotopic (exact) mass is 395 g/mol. The number of amides is 2. The predicted octanol–water partition coefficient (Wildman–Crippen LogP) is 4.82. The Labute approximate surface area is 174 Å². The Hall–Kier alpha value is -2.37. The lowest BCUT2D eigenvalue weighted by atomic mass is 9.85. The summed E-state index contributed by atoms with van der Waals surface area (Å²) in [5.41, 5.74) is 3.21. The summed E-state index contributed by atoms with van der Waals surface area (Å²) in [6.07, 6.45) is 0.861. The van der Waals surface area contributed by atoms with E-state index in [4.69, 9.17) is 4.74 Å². The second-order valence-electron chi connectivity index (χ2n) is 8.87. The van der Waals surface area contributed by atoms with Gasteiger partial charge in [0.2, 0.25) is 0 Å². The number of benzene rings is 2. The summed E-state index contributed by atoms with van der Waals surface area (Å²) < 4.78 is 5.44.